The van der Waals surface area contributed by atoms with Crippen molar-refractivity contribution in [1.29, 1.82) is 0 Å². The zero-order valence-electron chi connectivity index (χ0n) is 16.4. The van der Waals surface area contributed by atoms with E-state index < -0.39 is 0 Å². The number of aromatic nitrogens is 2. The van der Waals surface area contributed by atoms with Gasteiger partial charge in [-0.05, 0) is 49.4 Å². The van der Waals surface area contributed by atoms with Gasteiger partial charge >= 0.3 is 0 Å². The van der Waals surface area contributed by atoms with E-state index in [0.29, 0.717) is 29.7 Å². The molecule has 3 aromatic rings. The maximum atomic E-state index is 12.6. The summed E-state index contributed by atoms with van der Waals surface area (Å²) in [5, 5.41) is 5.86. The van der Waals surface area contributed by atoms with Crippen molar-refractivity contribution in [2.24, 2.45) is 0 Å². The third-order valence-corrected chi connectivity index (χ3v) is 3.97. The van der Waals surface area contributed by atoms with E-state index in [4.69, 9.17) is 14.2 Å². The molecular formula is C21H22N4O4. The molecule has 1 amide bonds. The van der Waals surface area contributed by atoms with Gasteiger partial charge in [-0.3, -0.25) is 4.79 Å². The molecule has 0 aliphatic carbocycles. The number of nitrogens with one attached hydrogen (secondary N) is 2. The van der Waals surface area contributed by atoms with Gasteiger partial charge in [0.2, 0.25) is 5.95 Å². The Balaban J connectivity index is 1.72. The summed E-state index contributed by atoms with van der Waals surface area (Å²) in [5.74, 6) is 1.82. The third kappa shape index (κ3) is 5.13. The van der Waals surface area contributed by atoms with E-state index in [1.54, 1.807) is 25.3 Å². The van der Waals surface area contributed by atoms with Crippen LogP contribution >= 0.6 is 0 Å². The second-order valence-electron chi connectivity index (χ2n) is 5.87. The van der Waals surface area contributed by atoms with Gasteiger partial charge < -0.3 is 24.8 Å². The average molecular weight is 394 g/mol. The van der Waals surface area contributed by atoms with Crippen LogP contribution in [0.25, 0.3) is 0 Å². The number of rotatable bonds is 8. The highest BCUT2D eigenvalue weighted by Crippen LogP contribution is 2.29. The van der Waals surface area contributed by atoms with E-state index in [1.165, 1.54) is 19.4 Å². The first-order valence-electron chi connectivity index (χ1n) is 8.99. The molecule has 0 spiro atoms. The van der Waals surface area contributed by atoms with E-state index in [1.807, 2.05) is 31.2 Å². The van der Waals surface area contributed by atoms with Gasteiger partial charge in [0.1, 0.15) is 22.9 Å². The second-order valence-corrected chi connectivity index (χ2v) is 5.87. The van der Waals surface area contributed by atoms with Crippen LogP contribution in [-0.2, 0) is 0 Å². The number of hydrogen-bond donors (Lipinski definition) is 2. The van der Waals surface area contributed by atoms with Crippen LogP contribution < -0.4 is 24.8 Å². The highest BCUT2D eigenvalue weighted by atomic mass is 16.5. The first kappa shape index (κ1) is 19.9. The maximum Gasteiger partial charge on any atom is 0.274 e. The fourth-order valence-corrected chi connectivity index (χ4v) is 2.56. The van der Waals surface area contributed by atoms with Crippen LogP contribution in [0, 0.1) is 0 Å². The predicted molar refractivity (Wildman–Crippen MR) is 110 cm³/mol. The van der Waals surface area contributed by atoms with E-state index in [9.17, 15) is 4.79 Å². The lowest BCUT2D eigenvalue weighted by Crippen LogP contribution is -2.15. The summed E-state index contributed by atoms with van der Waals surface area (Å²) in [6.45, 7) is 2.53. The van der Waals surface area contributed by atoms with Gasteiger partial charge in [-0.15, -0.1) is 0 Å². The highest BCUT2D eigenvalue weighted by Gasteiger charge is 2.13. The molecule has 1 aromatic heterocycles. The molecular weight excluding hydrogens is 372 g/mol. The zero-order chi connectivity index (χ0) is 20.6. The van der Waals surface area contributed by atoms with Crippen molar-refractivity contribution in [3.8, 4) is 17.2 Å². The lowest BCUT2D eigenvalue weighted by atomic mass is 10.2. The Bertz CT molecular complexity index is 977. The summed E-state index contributed by atoms with van der Waals surface area (Å²) >= 11 is 0. The van der Waals surface area contributed by atoms with Gasteiger partial charge in [-0.2, -0.15) is 0 Å². The molecule has 0 saturated heterocycles. The Morgan fingerprint density at radius 1 is 1.00 bits per heavy atom. The van der Waals surface area contributed by atoms with Crippen molar-refractivity contribution >= 4 is 23.2 Å². The molecule has 0 unspecified atom stereocenters. The first-order chi connectivity index (χ1) is 14.1. The van der Waals surface area contributed by atoms with Crippen molar-refractivity contribution < 1.29 is 19.0 Å². The minimum atomic E-state index is -0.384. The molecule has 29 heavy (non-hydrogen) atoms. The normalized spacial score (nSPS) is 10.2. The van der Waals surface area contributed by atoms with Crippen LogP contribution in [0.3, 0.4) is 0 Å². The SMILES string of the molecule is CCOc1ccc(Nc2nccc(C(=O)Nc3ccc(OC)cc3OC)n2)cc1. The Kier molecular flexibility index (Phi) is 6.47. The van der Waals surface area contributed by atoms with Crippen LogP contribution in [0.1, 0.15) is 17.4 Å². The van der Waals surface area contributed by atoms with Gasteiger partial charge in [-0.25, -0.2) is 9.97 Å². The number of carbonyl (C=O) groups excluding carboxylic acids is 1. The number of methoxy groups -OCH3 is 2. The van der Waals surface area contributed by atoms with Crippen LogP contribution in [0.4, 0.5) is 17.3 Å². The third-order valence-electron chi connectivity index (χ3n) is 3.97. The number of amides is 1. The molecule has 0 fully saturated rings. The Morgan fingerprint density at radius 2 is 1.76 bits per heavy atom. The van der Waals surface area contributed by atoms with Gasteiger partial charge in [0.05, 0.1) is 26.5 Å². The van der Waals surface area contributed by atoms with Crippen molar-refractivity contribution in [3.63, 3.8) is 0 Å². The smallest absolute Gasteiger partial charge is 0.274 e. The molecule has 0 saturated carbocycles. The summed E-state index contributed by atoms with van der Waals surface area (Å²) in [4.78, 5) is 21.1. The first-order valence-corrected chi connectivity index (χ1v) is 8.99. The fourth-order valence-electron chi connectivity index (χ4n) is 2.56. The molecule has 8 heteroatoms. The van der Waals surface area contributed by atoms with E-state index in [-0.39, 0.29) is 11.6 Å². The minimum absolute atomic E-state index is 0.214. The van der Waals surface area contributed by atoms with Gasteiger partial charge in [0, 0.05) is 18.0 Å². The van der Waals surface area contributed by atoms with Crippen LogP contribution in [0.2, 0.25) is 0 Å². The largest absolute Gasteiger partial charge is 0.497 e. The van der Waals surface area contributed by atoms with Crippen LogP contribution in [-0.4, -0.2) is 36.7 Å². The molecule has 0 bridgehead atoms. The monoisotopic (exact) mass is 394 g/mol. The number of ether oxygens (including phenoxy) is 3. The zero-order valence-corrected chi connectivity index (χ0v) is 16.4. The summed E-state index contributed by atoms with van der Waals surface area (Å²) in [5.41, 5.74) is 1.51. The molecule has 1 heterocycles. The summed E-state index contributed by atoms with van der Waals surface area (Å²) in [6.07, 6.45) is 1.52. The number of benzene rings is 2. The Morgan fingerprint density at radius 3 is 2.45 bits per heavy atom. The van der Waals surface area contributed by atoms with Crippen molar-refractivity contribution in [3.05, 3.63) is 60.4 Å². The average Bonchev–Trinajstić information content (AvgIpc) is 2.75. The molecule has 0 atom stereocenters. The molecule has 2 aromatic carbocycles. The van der Waals surface area contributed by atoms with Crippen molar-refractivity contribution in [1.82, 2.24) is 9.97 Å². The van der Waals surface area contributed by atoms with Crippen molar-refractivity contribution in [2.45, 2.75) is 6.92 Å². The van der Waals surface area contributed by atoms with E-state index in [2.05, 4.69) is 20.6 Å². The molecule has 0 aliphatic rings. The summed E-state index contributed by atoms with van der Waals surface area (Å²) in [6, 6.07) is 14.1. The molecule has 0 aliphatic heterocycles. The van der Waals surface area contributed by atoms with Crippen molar-refractivity contribution in [2.75, 3.05) is 31.5 Å². The number of nitrogens with zero attached hydrogens (tertiary/aromatic N) is 2. The van der Waals surface area contributed by atoms with E-state index in [0.717, 1.165) is 11.4 Å². The van der Waals surface area contributed by atoms with E-state index >= 15 is 0 Å². The second kappa shape index (κ2) is 9.41. The van der Waals surface area contributed by atoms with Crippen LogP contribution in [0.5, 0.6) is 17.2 Å². The fraction of sp³-hybridized carbons (Fsp3) is 0.190. The summed E-state index contributed by atoms with van der Waals surface area (Å²) < 4.78 is 15.9. The quantitative estimate of drug-likeness (QED) is 0.598. The van der Waals surface area contributed by atoms with Gasteiger partial charge in [-0.1, -0.05) is 0 Å². The van der Waals surface area contributed by atoms with Gasteiger partial charge in [0.15, 0.2) is 0 Å². The topological polar surface area (TPSA) is 94.6 Å². The standard InChI is InChI=1S/C21H22N4O4/c1-4-29-15-7-5-14(6-8-15)23-21-22-12-11-18(25-21)20(26)24-17-10-9-16(27-2)13-19(17)28-3/h5-13H,4H2,1-3H3,(H,24,26)(H,22,23,25). The van der Waals surface area contributed by atoms with Crippen LogP contribution in [0.15, 0.2) is 54.7 Å². The summed E-state index contributed by atoms with van der Waals surface area (Å²) in [7, 11) is 3.08. The maximum absolute atomic E-state index is 12.6. The number of carbonyl (C=O) groups is 1. The molecule has 2 N–H and O–H groups in total. The highest BCUT2D eigenvalue weighted by molar-refractivity contribution is 6.03. The Labute approximate surface area is 168 Å². The molecule has 0 radical (unpaired) electrons. The molecule has 3 rings (SSSR count). The lowest BCUT2D eigenvalue weighted by molar-refractivity contribution is 0.102. The molecule has 150 valence electrons. The lowest BCUT2D eigenvalue weighted by Gasteiger charge is -2.12. The minimum Gasteiger partial charge on any atom is -0.497 e. The van der Waals surface area contributed by atoms with Gasteiger partial charge in [0.25, 0.3) is 5.91 Å². The predicted octanol–water partition coefficient (Wildman–Crippen LogP) is 3.89. The number of anilines is 3. The molecule has 8 nitrogen and oxygen atoms in total. The Hall–Kier alpha value is -3.81. The number of hydrogen-bond acceptors (Lipinski definition) is 7.